The van der Waals surface area contributed by atoms with Crippen molar-refractivity contribution in [2.75, 3.05) is 18.6 Å². The molecule has 2 amide bonds. The number of nitrogens with two attached hydrogens (primary N) is 1. The number of thioether (sulfide) groups is 1. The molecule has 0 fully saturated rings. The van der Waals surface area contributed by atoms with Crippen molar-refractivity contribution in [3.63, 3.8) is 0 Å². The molecular formula is C9H13N3OS. The molecule has 1 aliphatic heterocycles. The minimum atomic E-state index is -0.313. The number of hydrogen-bond acceptors (Lipinski definition) is 3. The first-order valence-corrected chi connectivity index (χ1v) is 5.67. The predicted octanol–water partition coefficient (Wildman–Crippen LogP) is 0.534. The van der Waals surface area contributed by atoms with E-state index in [2.05, 4.69) is 10.9 Å². The number of rotatable bonds is 4. The molecular weight excluding hydrogens is 198 g/mol. The standard InChI is InChI=1S/C9H13N3OS/c1-3-5-12-7(4-6-14-2)8(10)11-9(12)13/h1,7H,4-6H2,2H3,(H2,10,11,13). The molecule has 1 rings (SSSR count). The van der Waals surface area contributed by atoms with Crippen LogP contribution in [-0.2, 0) is 0 Å². The quantitative estimate of drug-likeness (QED) is 0.690. The third-order valence-electron chi connectivity index (χ3n) is 2.05. The third kappa shape index (κ3) is 2.20. The first kappa shape index (κ1) is 10.9. The average molecular weight is 211 g/mol. The molecule has 4 nitrogen and oxygen atoms in total. The summed E-state index contributed by atoms with van der Waals surface area (Å²) in [6, 6.07) is -0.419. The van der Waals surface area contributed by atoms with Crippen molar-refractivity contribution in [1.82, 2.24) is 4.90 Å². The summed E-state index contributed by atoms with van der Waals surface area (Å²) in [6.45, 7) is 0.280. The Morgan fingerprint density at radius 2 is 2.50 bits per heavy atom. The average Bonchev–Trinajstić information content (AvgIpc) is 2.40. The van der Waals surface area contributed by atoms with Crippen LogP contribution in [0.5, 0.6) is 0 Å². The van der Waals surface area contributed by atoms with E-state index in [0.717, 1.165) is 12.2 Å². The number of terminal acetylenes is 1. The van der Waals surface area contributed by atoms with Crippen molar-refractivity contribution in [1.29, 1.82) is 0 Å². The summed E-state index contributed by atoms with van der Waals surface area (Å²) in [7, 11) is 0. The van der Waals surface area contributed by atoms with Gasteiger partial charge in [-0.1, -0.05) is 5.92 Å². The fraction of sp³-hybridized carbons (Fsp3) is 0.556. The van der Waals surface area contributed by atoms with E-state index >= 15 is 0 Å². The van der Waals surface area contributed by atoms with Crippen LogP contribution in [0.25, 0.3) is 0 Å². The van der Waals surface area contributed by atoms with Gasteiger partial charge < -0.3 is 10.6 Å². The van der Waals surface area contributed by atoms with Gasteiger partial charge in [0.05, 0.1) is 12.6 Å². The maximum absolute atomic E-state index is 11.3. The molecule has 76 valence electrons. The van der Waals surface area contributed by atoms with Crippen molar-refractivity contribution in [3.8, 4) is 12.3 Å². The molecule has 0 spiro atoms. The topological polar surface area (TPSA) is 58.7 Å². The second-order valence-corrected chi connectivity index (χ2v) is 3.93. The molecule has 0 aromatic carbocycles. The number of nitrogens with zero attached hydrogens (tertiary/aromatic N) is 2. The fourth-order valence-corrected chi connectivity index (χ4v) is 1.81. The van der Waals surface area contributed by atoms with Crippen LogP contribution in [0.3, 0.4) is 0 Å². The van der Waals surface area contributed by atoms with E-state index in [1.54, 1.807) is 11.8 Å². The Kier molecular flexibility index (Phi) is 3.84. The predicted molar refractivity (Wildman–Crippen MR) is 59.3 cm³/mol. The molecule has 1 unspecified atom stereocenters. The first-order chi connectivity index (χ1) is 6.70. The Balaban J connectivity index is 2.65. The number of carbonyl (C=O) groups is 1. The zero-order chi connectivity index (χ0) is 10.6. The highest BCUT2D eigenvalue weighted by Gasteiger charge is 2.31. The van der Waals surface area contributed by atoms with E-state index in [0.29, 0.717) is 5.84 Å². The fourth-order valence-electron chi connectivity index (χ4n) is 1.35. The number of amidine groups is 1. The van der Waals surface area contributed by atoms with Crippen molar-refractivity contribution in [3.05, 3.63) is 0 Å². The van der Waals surface area contributed by atoms with Gasteiger partial charge in [0.1, 0.15) is 5.84 Å². The Morgan fingerprint density at radius 3 is 3.07 bits per heavy atom. The van der Waals surface area contributed by atoms with Gasteiger partial charge in [-0.05, 0) is 18.4 Å². The van der Waals surface area contributed by atoms with Crippen molar-refractivity contribution >= 4 is 23.6 Å². The molecule has 0 aromatic rings. The first-order valence-electron chi connectivity index (χ1n) is 4.27. The lowest BCUT2D eigenvalue weighted by Gasteiger charge is -2.21. The molecule has 1 aliphatic rings. The van der Waals surface area contributed by atoms with Crippen molar-refractivity contribution in [2.24, 2.45) is 10.7 Å². The zero-order valence-corrected chi connectivity index (χ0v) is 8.88. The number of urea groups is 1. The minimum Gasteiger partial charge on any atom is -0.385 e. The summed E-state index contributed by atoms with van der Waals surface area (Å²) in [5, 5.41) is 0. The third-order valence-corrected chi connectivity index (χ3v) is 2.69. The van der Waals surface area contributed by atoms with Crippen LogP contribution < -0.4 is 5.73 Å². The zero-order valence-electron chi connectivity index (χ0n) is 8.06. The maximum atomic E-state index is 11.3. The van der Waals surface area contributed by atoms with Crippen LogP contribution in [0.4, 0.5) is 4.79 Å². The van der Waals surface area contributed by atoms with E-state index in [4.69, 9.17) is 12.2 Å². The highest BCUT2D eigenvalue weighted by atomic mass is 32.2. The molecule has 0 aromatic heterocycles. The van der Waals surface area contributed by atoms with E-state index in [1.165, 1.54) is 4.90 Å². The number of amides is 2. The Labute approximate surface area is 87.9 Å². The van der Waals surface area contributed by atoms with Gasteiger partial charge in [0.25, 0.3) is 0 Å². The van der Waals surface area contributed by atoms with Gasteiger partial charge in [0.2, 0.25) is 0 Å². The Hall–Kier alpha value is -1.15. The lowest BCUT2D eigenvalue weighted by atomic mass is 10.2. The van der Waals surface area contributed by atoms with E-state index in [-0.39, 0.29) is 18.6 Å². The molecule has 0 saturated carbocycles. The van der Waals surface area contributed by atoms with Gasteiger partial charge in [0.15, 0.2) is 0 Å². The van der Waals surface area contributed by atoms with Crippen LogP contribution in [0.15, 0.2) is 4.99 Å². The lowest BCUT2D eigenvalue weighted by molar-refractivity contribution is 0.212. The normalized spacial score (nSPS) is 20.9. The molecule has 5 heteroatoms. The van der Waals surface area contributed by atoms with Crippen molar-refractivity contribution < 1.29 is 4.79 Å². The van der Waals surface area contributed by atoms with E-state index in [9.17, 15) is 4.79 Å². The Morgan fingerprint density at radius 1 is 1.79 bits per heavy atom. The van der Waals surface area contributed by atoms with Crippen molar-refractivity contribution in [2.45, 2.75) is 12.5 Å². The van der Waals surface area contributed by atoms with Gasteiger partial charge in [0, 0.05) is 0 Å². The van der Waals surface area contributed by atoms with Gasteiger partial charge in [-0.2, -0.15) is 16.8 Å². The summed E-state index contributed by atoms with van der Waals surface area (Å²) >= 11 is 1.71. The molecule has 2 N–H and O–H groups in total. The number of aliphatic imine (C=N–C) groups is 1. The minimum absolute atomic E-state index is 0.106. The molecule has 0 radical (unpaired) electrons. The number of carbonyl (C=O) groups excluding carboxylic acids is 1. The van der Waals surface area contributed by atoms with Gasteiger partial charge >= 0.3 is 6.03 Å². The highest BCUT2D eigenvalue weighted by molar-refractivity contribution is 7.98. The summed E-state index contributed by atoms with van der Waals surface area (Å²) in [5.41, 5.74) is 5.64. The van der Waals surface area contributed by atoms with Crippen LogP contribution in [0.2, 0.25) is 0 Å². The smallest absolute Gasteiger partial charge is 0.346 e. The number of hydrogen-bond donors (Lipinski definition) is 1. The monoisotopic (exact) mass is 211 g/mol. The molecule has 0 aliphatic carbocycles. The van der Waals surface area contributed by atoms with Crippen LogP contribution in [-0.4, -0.2) is 41.4 Å². The lowest BCUT2D eigenvalue weighted by Crippen LogP contribution is -2.41. The summed E-state index contributed by atoms with van der Waals surface area (Å²) in [6.07, 6.45) is 7.99. The molecule has 0 bridgehead atoms. The maximum Gasteiger partial charge on any atom is 0.346 e. The highest BCUT2D eigenvalue weighted by Crippen LogP contribution is 2.15. The molecule has 1 heterocycles. The second kappa shape index (κ2) is 4.91. The second-order valence-electron chi connectivity index (χ2n) is 2.95. The van der Waals surface area contributed by atoms with Crippen LogP contribution in [0.1, 0.15) is 6.42 Å². The SMILES string of the molecule is C#CCN1C(=O)N=C(N)C1CCSC. The van der Waals surface area contributed by atoms with Gasteiger partial charge in [-0.3, -0.25) is 0 Å². The van der Waals surface area contributed by atoms with Gasteiger partial charge in [-0.25, -0.2) is 4.79 Å². The van der Waals surface area contributed by atoms with Gasteiger partial charge in [-0.15, -0.1) is 6.42 Å². The Bertz CT molecular complexity index is 295. The summed E-state index contributed by atoms with van der Waals surface area (Å²) in [5.74, 6) is 3.76. The van der Waals surface area contributed by atoms with Crippen LogP contribution in [0, 0.1) is 12.3 Å². The molecule has 1 atom stereocenters. The van der Waals surface area contributed by atoms with E-state index in [1.807, 2.05) is 6.26 Å². The van der Waals surface area contributed by atoms with E-state index < -0.39 is 0 Å². The largest absolute Gasteiger partial charge is 0.385 e. The summed E-state index contributed by atoms with van der Waals surface area (Å²) < 4.78 is 0. The molecule has 0 saturated heterocycles. The molecule has 14 heavy (non-hydrogen) atoms. The summed E-state index contributed by atoms with van der Waals surface area (Å²) in [4.78, 5) is 16.5. The van der Waals surface area contributed by atoms with Crippen LogP contribution >= 0.6 is 11.8 Å².